The van der Waals surface area contributed by atoms with E-state index in [0.717, 1.165) is 5.39 Å². The molecule has 0 bridgehead atoms. The first-order valence-corrected chi connectivity index (χ1v) is 8.49. The van der Waals surface area contributed by atoms with E-state index in [2.05, 4.69) is 47.8 Å². The zero-order valence-corrected chi connectivity index (χ0v) is 14.0. The molecular formula is C11H7Br3O2S. The third kappa shape index (κ3) is 2.45. The number of hydrogen-bond acceptors (Lipinski definition) is 2. The minimum Gasteiger partial charge on any atom is -0.220 e. The van der Waals surface area contributed by atoms with E-state index in [0.29, 0.717) is 5.39 Å². The number of fused-ring (bicyclic) bond motifs is 1. The molecular weight excluding hydrogens is 436 g/mol. The summed E-state index contributed by atoms with van der Waals surface area (Å²) in [6.07, 6.45) is 0. The van der Waals surface area contributed by atoms with Gasteiger partial charge in [0.15, 0.2) is 0 Å². The molecule has 90 valence electrons. The summed E-state index contributed by atoms with van der Waals surface area (Å²) >= 11 is 9.20. The lowest BCUT2D eigenvalue weighted by Gasteiger charge is -2.15. The van der Waals surface area contributed by atoms with Crippen LogP contribution in [-0.2, 0) is 9.84 Å². The van der Waals surface area contributed by atoms with E-state index in [1.54, 1.807) is 18.2 Å². The summed E-state index contributed by atoms with van der Waals surface area (Å²) in [6, 6.07) is 12.6. The van der Waals surface area contributed by atoms with Gasteiger partial charge in [-0.25, -0.2) is 8.42 Å². The van der Waals surface area contributed by atoms with Gasteiger partial charge in [-0.2, -0.15) is 0 Å². The van der Waals surface area contributed by atoms with Crippen LogP contribution < -0.4 is 0 Å². The smallest absolute Gasteiger partial charge is 0.220 e. The topological polar surface area (TPSA) is 34.1 Å². The van der Waals surface area contributed by atoms with Crippen LogP contribution in [0.5, 0.6) is 0 Å². The lowest BCUT2D eigenvalue weighted by molar-refractivity contribution is 0.599. The summed E-state index contributed by atoms with van der Waals surface area (Å²) in [5.74, 6) is 0. The van der Waals surface area contributed by atoms with Crippen molar-refractivity contribution in [2.45, 2.75) is 6.37 Å². The molecule has 0 unspecified atom stereocenters. The number of alkyl halides is 3. The van der Waals surface area contributed by atoms with Gasteiger partial charge in [-0.1, -0.05) is 36.4 Å². The first-order valence-electron chi connectivity index (χ1n) is 4.63. The van der Waals surface area contributed by atoms with E-state index in [1.165, 1.54) is 0 Å². The maximum atomic E-state index is 12.3. The summed E-state index contributed by atoms with van der Waals surface area (Å²) in [4.78, 5) is 0.279. The summed E-state index contributed by atoms with van der Waals surface area (Å²) in [6.45, 7) is 0. The fourth-order valence-electron chi connectivity index (χ4n) is 1.55. The van der Waals surface area contributed by atoms with E-state index < -0.39 is 11.3 Å². The van der Waals surface area contributed by atoms with Crippen molar-refractivity contribution in [3.8, 4) is 0 Å². The molecule has 0 N–H and O–H groups in total. The molecule has 0 heterocycles. The van der Waals surface area contributed by atoms with Gasteiger partial charge in [0.1, 0.15) is 0 Å². The highest BCUT2D eigenvalue weighted by Gasteiger charge is 2.38. The first-order chi connectivity index (χ1) is 7.84. The van der Waals surface area contributed by atoms with Crippen LogP contribution in [-0.4, -0.2) is 9.89 Å². The minimum atomic E-state index is -3.55. The Kier molecular flexibility index (Phi) is 3.69. The van der Waals surface area contributed by atoms with Crippen LogP contribution in [0.4, 0.5) is 0 Å². The maximum absolute atomic E-state index is 12.3. The van der Waals surface area contributed by atoms with E-state index in [1.807, 2.05) is 24.3 Å². The maximum Gasteiger partial charge on any atom is 0.239 e. The van der Waals surface area contributed by atoms with Crippen molar-refractivity contribution in [1.82, 2.24) is 0 Å². The van der Waals surface area contributed by atoms with Crippen molar-refractivity contribution in [3.63, 3.8) is 0 Å². The van der Waals surface area contributed by atoms with Crippen LogP contribution in [0.3, 0.4) is 0 Å². The Hall–Kier alpha value is 0.0900. The van der Waals surface area contributed by atoms with Crippen molar-refractivity contribution in [2.24, 2.45) is 0 Å². The highest BCUT2D eigenvalue weighted by Crippen LogP contribution is 2.44. The second kappa shape index (κ2) is 4.64. The molecule has 0 aromatic heterocycles. The fourth-order valence-corrected chi connectivity index (χ4v) is 4.11. The second-order valence-corrected chi connectivity index (χ2v) is 13.8. The Morgan fingerprint density at radius 3 is 2.12 bits per heavy atom. The highest BCUT2D eigenvalue weighted by atomic mass is 80.0. The Balaban J connectivity index is 2.82. The van der Waals surface area contributed by atoms with E-state index in [-0.39, 0.29) is 4.90 Å². The molecule has 0 atom stereocenters. The van der Waals surface area contributed by atoms with Gasteiger partial charge in [-0.3, -0.25) is 0 Å². The average Bonchev–Trinajstić information content (AvgIpc) is 2.26. The zero-order valence-electron chi connectivity index (χ0n) is 8.40. The van der Waals surface area contributed by atoms with Crippen molar-refractivity contribution < 1.29 is 8.42 Å². The molecule has 0 amide bonds. The molecule has 0 spiro atoms. The van der Waals surface area contributed by atoms with Crippen LogP contribution in [0.15, 0.2) is 47.4 Å². The van der Waals surface area contributed by atoms with E-state index in [9.17, 15) is 8.42 Å². The summed E-state index contributed by atoms with van der Waals surface area (Å²) in [7, 11) is -3.55. The van der Waals surface area contributed by atoms with Crippen LogP contribution in [0.1, 0.15) is 0 Å². The van der Waals surface area contributed by atoms with Crippen molar-refractivity contribution in [3.05, 3.63) is 42.5 Å². The normalized spacial score (nSPS) is 12.9. The number of benzene rings is 2. The quantitative estimate of drug-likeness (QED) is 0.613. The molecule has 0 radical (unpaired) electrons. The van der Waals surface area contributed by atoms with Gasteiger partial charge < -0.3 is 0 Å². The largest absolute Gasteiger partial charge is 0.239 e. The zero-order chi connectivity index (χ0) is 12.7. The van der Waals surface area contributed by atoms with Gasteiger partial charge in [-0.15, -0.1) is 0 Å². The first kappa shape index (κ1) is 13.5. The molecule has 0 fully saturated rings. The predicted octanol–water partition coefficient (Wildman–Crippen LogP) is 4.41. The molecule has 17 heavy (non-hydrogen) atoms. The van der Waals surface area contributed by atoms with Gasteiger partial charge in [0, 0.05) is 5.39 Å². The number of rotatable bonds is 1. The number of hydrogen-bond donors (Lipinski definition) is 0. The SMILES string of the molecule is O=S(=O)(c1cccc2ccccc12)C(Br)(Br)Br. The third-order valence-electron chi connectivity index (χ3n) is 2.34. The molecule has 0 aliphatic heterocycles. The Bertz CT molecular complexity index is 654. The van der Waals surface area contributed by atoms with Gasteiger partial charge >= 0.3 is 0 Å². The average molecular weight is 443 g/mol. The van der Waals surface area contributed by atoms with Gasteiger partial charge in [0.25, 0.3) is 0 Å². The van der Waals surface area contributed by atoms with Gasteiger partial charge in [0.2, 0.25) is 11.3 Å². The predicted molar refractivity (Wildman–Crippen MR) is 80.6 cm³/mol. The van der Waals surface area contributed by atoms with Crippen LogP contribution in [0.2, 0.25) is 0 Å². The molecule has 2 rings (SSSR count). The molecule has 0 saturated heterocycles. The molecule has 0 aliphatic carbocycles. The summed E-state index contributed by atoms with van der Waals surface area (Å²) in [5.41, 5.74) is 0. The van der Waals surface area contributed by atoms with Gasteiger partial charge in [0.05, 0.1) is 4.90 Å². The lowest BCUT2D eigenvalue weighted by Crippen LogP contribution is -2.18. The van der Waals surface area contributed by atoms with Gasteiger partial charge in [-0.05, 0) is 59.2 Å². The van der Waals surface area contributed by atoms with E-state index in [4.69, 9.17) is 0 Å². The van der Waals surface area contributed by atoms with Crippen LogP contribution in [0.25, 0.3) is 10.8 Å². The Morgan fingerprint density at radius 1 is 0.882 bits per heavy atom. The van der Waals surface area contributed by atoms with Crippen molar-refractivity contribution in [2.75, 3.05) is 0 Å². The monoisotopic (exact) mass is 440 g/mol. The van der Waals surface area contributed by atoms with Crippen molar-refractivity contribution in [1.29, 1.82) is 0 Å². The molecule has 0 aliphatic rings. The minimum absolute atomic E-state index is 0.279. The molecule has 2 aromatic carbocycles. The lowest BCUT2D eigenvalue weighted by atomic mass is 10.1. The third-order valence-corrected chi connectivity index (χ3v) is 7.72. The van der Waals surface area contributed by atoms with Crippen LogP contribution >= 0.6 is 47.8 Å². The van der Waals surface area contributed by atoms with Crippen molar-refractivity contribution >= 4 is 68.4 Å². The second-order valence-electron chi connectivity index (χ2n) is 3.43. The van der Waals surface area contributed by atoms with Crippen LogP contribution in [0, 0.1) is 0 Å². The van der Waals surface area contributed by atoms with E-state index >= 15 is 0 Å². The molecule has 2 aromatic rings. The highest BCUT2D eigenvalue weighted by molar-refractivity contribution is 9.42. The fraction of sp³-hybridized carbons (Fsp3) is 0.0909. The standard InChI is InChI=1S/C11H7Br3O2S/c12-11(13,14)17(15,16)10-7-3-5-8-4-1-2-6-9(8)10/h1-7H. The number of halogens is 3. The molecule has 6 heteroatoms. The molecule has 0 saturated carbocycles. The summed E-state index contributed by atoms with van der Waals surface area (Å²) < 4.78 is 23.3. The summed E-state index contributed by atoms with van der Waals surface area (Å²) in [5, 5.41) is 1.60. The number of sulfone groups is 1. The Morgan fingerprint density at radius 2 is 1.47 bits per heavy atom. The molecule has 2 nitrogen and oxygen atoms in total. The Labute approximate surface area is 125 Å².